The SMILES string of the molecule is NC(=O)c1cc(NC(=O)Cc2cn(-c3ccccc3)nc2-c2ccc([N+](=O)[O-])cc2)ccc1F. The molecule has 4 rings (SSSR count). The van der Waals surface area contributed by atoms with Gasteiger partial charge in [0.2, 0.25) is 5.91 Å². The molecule has 0 saturated carbocycles. The van der Waals surface area contributed by atoms with Crippen LogP contribution >= 0.6 is 0 Å². The molecule has 0 fully saturated rings. The normalized spacial score (nSPS) is 10.6. The predicted octanol–water partition coefficient (Wildman–Crippen LogP) is 3.87. The van der Waals surface area contributed by atoms with Crippen molar-refractivity contribution in [2.75, 3.05) is 5.32 Å². The van der Waals surface area contributed by atoms with Crippen molar-refractivity contribution in [2.24, 2.45) is 5.73 Å². The third kappa shape index (κ3) is 4.80. The van der Waals surface area contributed by atoms with Crippen molar-refractivity contribution in [3.8, 4) is 16.9 Å². The van der Waals surface area contributed by atoms with E-state index in [9.17, 15) is 24.1 Å². The number of benzene rings is 3. The van der Waals surface area contributed by atoms with E-state index in [4.69, 9.17) is 5.73 Å². The highest BCUT2D eigenvalue weighted by Crippen LogP contribution is 2.26. The molecule has 0 unspecified atom stereocenters. The molecule has 0 atom stereocenters. The number of nitro groups is 1. The number of halogens is 1. The number of para-hydroxylation sites is 1. The molecule has 0 radical (unpaired) electrons. The van der Waals surface area contributed by atoms with Crippen molar-refractivity contribution in [1.82, 2.24) is 9.78 Å². The van der Waals surface area contributed by atoms with E-state index in [2.05, 4.69) is 10.4 Å². The third-order valence-corrected chi connectivity index (χ3v) is 5.03. The first kappa shape index (κ1) is 22.3. The van der Waals surface area contributed by atoms with E-state index >= 15 is 0 Å². The van der Waals surface area contributed by atoms with Gasteiger partial charge in [-0.1, -0.05) is 18.2 Å². The average Bonchev–Trinajstić information content (AvgIpc) is 3.24. The van der Waals surface area contributed by atoms with Gasteiger partial charge in [-0.15, -0.1) is 0 Å². The van der Waals surface area contributed by atoms with Gasteiger partial charge >= 0.3 is 0 Å². The van der Waals surface area contributed by atoms with Gasteiger partial charge in [0, 0.05) is 35.1 Å². The first-order chi connectivity index (χ1) is 16.3. The van der Waals surface area contributed by atoms with Gasteiger partial charge in [-0.3, -0.25) is 19.7 Å². The average molecular weight is 459 g/mol. The van der Waals surface area contributed by atoms with E-state index in [0.717, 1.165) is 11.8 Å². The minimum atomic E-state index is -0.946. The number of non-ortho nitro benzene ring substituents is 1. The lowest BCUT2D eigenvalue weighted by Gasteiger charge is -2.07. The monoisotopic (exact) mass is 459 g/mol. The lowest BCUT2D eigenvalue weighted by Crippen LogP contribution is -2.17. The fourth-order valence-electron chi connectivity index (χ4n) is 3.41. The fourth-order valence-corrected chi connectivity index (χ4v) is 3.41. The van der Waals surface area contributed by atoms with Gasteiger partial charge in [-0.25, -0.2) is 9.07 Å². The molecule has 34 heavy (non-hydrogen) atoms. The molecule has 3 N–H and O–H groups in total. The van der Waals surface area contributed by atoms with E-state index < -0.39 is 22.6 Å². The molecule has 1 heterocycles. The lowest BCUT2D eigenvalue weighted by atomic mass is 10.1. The van der Waals surface area contributed by atoms with Crippen LogP contribution in [0.2, 0.25) is 0 Å². The molecule has 0 saturated heterocycles. The molecule has 1 aromatic heterocycles. The van der Waals surface area contributed by atoms with E-state index in [0.29, 0.717) is 16.8 Å². The summed E-state index contributed by atoms with van der Waals surface area (Å²) in [7, 11) is 0. The molecule has 0 spiro atoms. The highest BCUT2D eigenvalue weighted by atomic mass is 19.1. The maximum absolute atomic E-state index is 13.7. The number of rotatable bonds is 7. The van der Waals surface area contributed by atoms with Crippen molar-refractivity contribution >= 4 is 23.2 Å². The number of carbonyl (C=O) groups excluding carboxylic acids is 2. The summed E-state index contributed by atoms with van der Waals surface area (Å²) in [5.74, 6) is -2.16. The van der Waals surface area contributed by atoms with E-state index in [1.54, 1.807) is 23.0 Å². The largest absolute Gasteiger partial charge is 0.366 e. The third-order valence-electron chi connectivity index (χ3n) is 5.03. The minimum absolute atomic E-state index is 0.0629. The zero-order chi connectivity index (χ0) is 24.2. The Balaban J connectivity index is 1.65. The number of carbonyl (C=O) groups is 2. The van der Waals surface area contributed by atoms with Crippen molar-refractivity contribution in [3.05, 3.63) is 106 Å². The van der Waals surface area contributed by atoms with Crippen LogP contribution in [-0.2, 0) is 11.2 Å². The Morgan fingerprint density at radius 1 is 1.06 bits per heavy atom. The summed E-state index contributed by atoms with van der Waals surface area (Å²) in [5.41, 5.74) is 7.39. The number of nitrogens with zero attached hydrogens (tertiary/aromatic N) is 3. The topological polar surface area (TPSA) is 133 Å². The van der Waals surface area contributed by atoms with Crippen molar-refractivity contribution < 1.29 is 18.9 Å². The number of hydrogen-bond acceptors (Lipinski definition) is 5. The number of anilines is 1. The Labute approximate surface area is 192 Å². The van der Waals surface area contributed by atoms with E-state index in [1.165, 1.54) is 24.3 Å². The Kier molecular flexibility index (Phi) is 6.13. The molecule has 0 bridgehead atoms. The van der Waals surface area contributed by atoms with Gasteiger partial charge in [0.1, 0.15) is 5.82 Å². The molecule has 3 aromatic carbocycles. The maximum Gasteiger partial charge on any atom is 0.269 e. The summed E-state index contributed by atoms with van der Waals surface area (Å²) in [4.78, 5) is 34.6. The van der Waals surface area contributed by atoms with E-state index in [-0.39, 0.29) is 23.4 Å². The van der Waals surface area contributed by atoms with Gasteiger partial charge < -0.3 is 11.1 Å². The van der Waals surface area contributed by atoms with Crippen LogP contribution in [0.1, 0.15) is 15.9 Å². The number of hydrogen-bond donors (Lipinski definition) is 2. The fraction of sp³-hybridized carbons (Fsp3) is 0.0417. The van der Waals surface area contributed by atoms with Gasteiger partial charge in [0.25, 0.3) is 11.6 Å². The Hall–Kier alpha value is -4.86. The summed E-state index contributed by atoms with van der Waals surface area (Å²) in [5, 5.41) is 18.2. The van der Waals surface area contributed by atoms with Gasteiger partial charge in [-0.05, 0) is 42.5 Å². The Bertz CT molecular complexity index is 1380. The van der Waals surface area contributed by atoms with Gasteiger partial charge in [0.05, 0.1) is 28.3 Å². The van der Waals surface area contributed by atoms with Crippen molar-refractivity contribution in [2.45, 2.75) is 6.42 Å². The number of nitrogens with one attached hydrogen (secondary N) is 1. The van der Waals surface area contributed by atoms with Crippen LogP contribution in [0, 0.1) is 15.9 Å². The summed E-state index contributed by atoms with van der Waals surface area (Å²) in [6, 6.07) is 18.7. The first-order valence-corrected chi connectivity index (χ1v) is 10.1. The zero-order valence-electron chi connectivity index (χ0n) is 17.6. The van der Waals surface area contributed by atoms with Gasteiger partial charge in [-0.2, -0.15) is 5.10 Å². The summed E-state index contributed by atoms with van der Waals surface area (Å²) in [6.07, 6.45) is 1.60. The summed E-state index contributed by atoms with van der Waals surface area (Å²) < 4.78 is 15.3. The highest BCUT2D eigenvalue weighted by molar-refractivity contribution is 5.97. The molecule has 170 valence electrons. The second kappa shape index (κ2) is 9.33. The number of aromatic nitrogens is 2. The number of amides is 2. The minimum Gasteiger partial charge on any atom is -0.366 e. The first-order valence-electron chi connectivity index (χ1n) is 10.1. The van der Waals surface area contributed by atoms with Gasteiger partial charge in [0.15, 0.2) is 0 Å². The van der Waals surface area contributed by atoms with Crippen molar-refractivity contribution in [1.29, 1.82) is 0 Å². The lowest BCUT2D eigenvalue weighted by molar-refractivity contribution is -0.384. The second-order valence-corrected chi connectivity index (χ2v) is 7.37. The molecular weight excluding hydrogens is 441 g/mol. The quantitative estimate of drug-likeness (QED) is 0.320. The maximum atomic E-state index is 13.7. The molecule has 10 heteroatoms. The van der Waals surface area contributed by atoms with Crippen LogP contribution in [0.3, 0.4) is 0 Å². The Morgan fingerprint density at radius 3 is 2.41 bits per heavy atom. The molecule has 0 aliphatic heterocycles. The zero-order valence-corrected chi connectivity index (χ0v) is 17.6. The molecular formula is C24H18FN5O4. The van der Waals surface area contributed by atoms with Crippen LogP contribution in [-0.4, -0.2) is 26.5 Å². The predicted molar refractivity (Wildman–Crippen MR) is 123 cm³/mol. The molecule has 0 aliphatic carbocycles. The molecule has 2 amide bonds. The highest BCUT2D eigenvalue weighted by Gasteiger charge is 2.17. The van der Waals surface area contributed by atoms with Crippen LogP contribution in [0.4, 0.5) is 15.8 Å². The smallest absolute Gasteiger partial charge is 0.269 e. The number of nitro benzene ring substituents is 1. The molecule has 4 aromatic rings. The summed E-state index contributed by atoms with van der Waals surface area (Å²) in [6.45, 7) is 0. The Morgan fingerprint density at radius 2 is 1.76 bits per heavy atom. The number of primary amides is 1. The standard InChI is InChI=1S/C24H18FN5O4/c25-21-11-8-17(13-20(21)24(26)32)27-22(31)12-16-14-29(18-4-2-1-3-5-18)28-23(16)15-6-9-19(10-7-15)30(33)34/h1-11,13-14H,12H2,(H2,26,32)(H,27,31). The van der Waals surface area contributed by atoms with Crippen LogP contribution < -0.4 is 11.1 Å². The molecule has 9 nitrogen and oxygen atoms in total. The summed E-state index contributed by atoms with van der Waals surface area (Å²) >= 11 is 0. The van der Waals surface area contributed by atoms with Crippen LogP contribution in [0.15, 0.2) is 79.0 Å². The van der Waals surface area contributed by atoms with Crippen molar-refractivity contribution in [3.63, 3.8) is 0 Å². The second-order valence-electron chi connectivity index (χ2n) is 7.37. The number of nitrogens with two attached hydrogens (primary N) is 1. The van der Waals surface area contributed by atoms with Crippen LogP contribution in [0.25, 0.3) is 16.9 Å². The molecule has 0 aliphatic rings. The van der Waals surface area contributed by atoms with Crippen LogP contribution in [0.5, 0.6) is 0 Å². The van der Waals surface area contributed by atoms with E-state index in [1.807, 2.05) is 30.3 Å².